The van der Waals surface area contributed by atoms with E-state index in [0.717, 1.165) is 6.07 Å². The molecule has 296 valence electrons. The van der Waals surface area contributed by atoms with Crippen molar-refractivity contribution in [3.63, 3.8) is 0 Å². The van der Waals surface area contributed by atoms with E-state index in [1.807, 2.05) is 20.8 Å². The number of aromatic nitrogens is 2. The highest BCUT2D eigenvalue weighted by Crippen LogP contribution is 2.40. The number of benzene rings is 2. The summed E-state index contributed by atoms with van der Waals surface area (Å²) in [5.41, 5.74) is -1.34. The number of urea groups is 1. The number of nitrogens with zero attached hydrogens (tertiary/aromatic N) is 1. The molecule has 16 heteroatoms. The number of esters is 1. The second-order valence-corrected chi connectivity index (χ2v) is 14.9. The Kier molecular flexibility index (Phi) is 12.9. The molecule has 1 aliphatic carbocycles. The van der Waals surface area contributed by atoms with E-state index in [1.165, 1.54) is 35.6 Å². The van der Waals surface area contributed by atoms with Crippen molar-refractivity contribution in [1.29, 1.82) is 0 Å². The van der Waals surface area contributed by atoms with Gasteiger partial charge in [-0.15, -0.1) is 11.3 Å². The Labute approximate surface area is 320 Å². The van der Waals surface area contributed by atoms with Crippen LogP contribution in [0.1, 0.15) is 97.8 Å². The van der Waals surface area contributed by atoms with Gasteiger partial charge in [0.25, 0.3) is 0 Å². The summed E-state index contributed by atoms with van der Waals surface area (Å²) in [6, 6.07) is 7.20. The lowest BCUT2D eigenvalue weighted by molar-refractivity contribution is -0.136. The largest absolute Gasteiger partial charge is 0.461 e. The van der Waals surface area contributed by atoms with Crippen molar-refractivity contribution in [3.05, 3.63) is 86.7 Å². The molecule has 0 unspecified atom stereocenters. The molecule has 1 aliphatic rings. The Morgan fingerprint density at radius 1 is 1.00 bits per heavy atom. The van der Waals surface area contributed by atoms with Crippen molar-refractivity contribution in [2.24, 2.45) is 11.8 Å². The highest BCUT2D eigenvalue weighted by molar-refractivity contribution is 7.09. The highest BCUT2D eigenvalue weighted by atomic mass is 32.1. The number of nitrogens with one attached hydrogen (secondary N) is 5. The molecular formula is C39H46F4N6O5S. The first kappa shape index (κ1) is 41.2. The van der Waals surface area contributed by atoms with Gasteiger partial charge in [0.05, 0.1) is 23.7 Å². The van der Waals surface area contributed by atoms with Crippen LogP contribution in [0.5, 0.6) is 0 Å². The van der Waals surface area contributed by atoms with Crippen molar-refractivity contribution in [1.82, 2.24) is 31.2 Å². The number of alkyl halides is 3. The standard InChI is InChI=1S/C39H46F4N6O5S/c1-6-21(4)30(48-37(53)44-19-23-12-9-10-15-27(23)40)33(50)49-38(17-16-28-25(18-38)24-13-11-14-26(32(24)45-28)39(41,42)43)36(52)47-31(22(5)7-2)34-46-29(20-55-34)35(51)54-8-3/h9-15,20-22,30-31,45H,6-8,16-19H2,1-5H3,(H,47,52)(H,49,50)(H2,44,48,53)/t21-,22-,30-,31-,38+/m0/s1. The van der Waals surface area contributed by atoms with Gasteiger partial charge >= 0.3 is 18.2 Å². The van der Waals surface area contributed by atoms with Crippen LogP contribution in [0.25, 0.3) is 10.9 Å². The minimum absolute atomic E-state index is 0.0115. The molecule has 11 nitrogen and oxygen atoms in total. The SMILES string of the molecule is CCOC(=O)c1csc([C@@H](NC(=O)[C@@]2(NC(=O)[C@@H](NC(=O)NCc3ccccc3F)[C@@H](C)CC)CCc3[nH]c4c(C(F)(F)F)cccc4c3C2)[C@@H](C)CC)n1. The smallest absolute Gasteiger partial charge is 0.418 e. The van der Waals surface area contributed by atoms with Crippen molar-refractivity contribution in [3.8, 4) is 0 Å². The highest BCUT2D eigenvalue weighted by Gasteiger charge is 2.47. The predicted molar refractivity (Wildman–Crippen MR) is 200 cm³/mol. The van der Waals surface area contributed by atoms with E-state index in [0.29, 0.717) is 29.1 Å². The molecule has 0 saturated heterocycles. The van der Waals surface area contributed by atoms with Gasteiger partial charge in [-0.3, -0.25) is 9.59 Å². The number of para-hydroxylation sites is 1. The fourth-order valence-electron chi connectivity index (χ4n) is 6.78. The first-order valence-corrected chi connectivity index (χ1v) is 19.2. The molecule has 2 heterocycles. The number of rotatable bonds is 14. The van der Waals surface area contributed by atoms with E-state index in [9.17, 15) is 36.7 Å². The van der Waals surface area contributed by atoms with Gasteiger partial charge in [0, 0.05) is 35.0 Å². The lowest BCUT2D eigenvalue weighted by Crippen LogP contribution is -2.65. The number of aryl methyl sites for hydroxylation is 1. The van der Waals surface area contributed by atoms with Gasteiger partial charge in [-0.25, -0.2) is 19.0 Å². The van der Waals surface area contributed by atoms with Crippen LogP contribution in [0.3, 0.4) is 0 Å². The van der Waals surface area contributed by atoms with Crippen LogP contribution >= 0.6 is 11.3 Å². The molecule has 4 aromatic rings. The number of carbonyl (C=O) groups is 4. The number of aromatic amines is 1. The number of H-pyrrole nitrogens is 1. The molecule has 2 aromatic heterocycles. The van der Waals surface area contributed by atoms with Gasteiger partial charge in [0.15, 0.2) is 5.69 Å². The van der Waals surface area contributed by atoms with E-state index in [-0.39, 0.29) is 60.5 Å². The maximum Gasteiger partial charge on any atom is 0.418 e. The molecule has 0 fully saturated rings. The Balaban J connectivity index is 1.50. The van der Waals surface area contributed by atoms with Gasteiger partial charge in [0.2, 0.25) is 11.8 Å². The molecule has 2 aromatic carbocycles. The zero-order valence-corrected chi connectivity index (χ0v) is 32.1. The van der Waals surface area contributed by atoms with Crippen LogP contribution in [-0.4, -0.2) is 52.0 Å². The van der Waals surface area contributed by atoms with E-state index < -0.39 is 64.9 Å². The zero-order chi connectivity index (χ0) is 40.1. The molecule has 4 amide bonds. The second kappa shape index (κ2) is 17.2. The van der Waals surface area contributed by atoms with Crippen LogP contribution in [0.2, 0.25) is 0 Å². The summed E-state index contributed by atoms with van der Waals surface area (Å²) in [6.07, 6.45) is -3.60. The number of amides is 4. The van der Waals surface area contributed by atoms with Crippen LogP contribution in [-0.2, 0) is 39.9 Å². The quantitative estimate of drug-likeness (QED) is 0.0678. The summed E-state index contributed by atoms with van der Waals surface area (Å²) in [6.45, 7) is 9.11. The Bertz CT molecular complexity index is 2030. The van der Waals surface area contributed by atoms with E-state index >= 15 is 0 Å². The minimum Gasteiger partial charge on any atom is -0.461 e. The van der Waals surface area contributed by atoms with Gasteiger partial charge in [-0.05, 0) is 49.3 Å². The number of fused-ring (bicyclic) bond motifs is 3. The van der Waals surface area contributed by atoms with Gasteiger partial charge < -0.3 is 31.0 Å². The van der Waals surface area contributed by atoms with Gasteiger partial charge in [0.1, 0.15) is 22.4 Å². The van der Waals surface area contributed by atoms with Crippen LogP contribution in [0, 0.1) is 17.7 Å². The summed E-state index contributed by atoms with van der Waals surface area (Å²) in [4.78, 5) is 62.2. The average Bonchev–Trinajstić information content (AvgIpc) is 3.80. The maximum absolute atomic E-state index is 14.8. The van der Waals surface area contributed by atoms with Crippen molar-refractivity contribution in [2.45, 2.75) is 97.1 Å². The molecule has 5 atom stereocenters. The number of thiazole rings is 1. The lowest BCUT2D eigenvalue weighted by Gasteiger charge is -2.39. The second-order valence-electron chi connectivity index (χ2n) is 14.0. The lowest BCUT2D eigenvalue weighted by atomic mass is 9.78. The molecule has 0 radical (unpaired) electrons. The first-order valence-electron chi connectivity index (χ1n) is 18.3. The summed E-state index contributed by atoms with van der Waals surface area (Å²) in [5.74, 6) is -3.00. The predicted octanol–water partition coefficient (Wildman–Crippen LogP) is 7.12. The Morgan fingerprint density at radius 2 is 1.73 bits per heavy atom. The number of ether oxygens (including phenoxy) is 1. The summed E-state index contributed by atoms with van der Waals surface area (Å²) in [7, 11) is 0. The summed E-state index contributed by atoms with van der Waals surface area (Å²) < 4.78 is 61.6. The summed E-state index contributed by atoms with van der Waals surface area (Å²) >= 11 is 1.17. The minimum atomic E-state index is -4.64. The number of hydrogen-bond acceptors (Lipinski definition) is 7. The third-order valence-corrected chi connectivity index (χ3v) is 11.3. The van der Waals surface area contributed by atoms with Crippen LogP contribution in [0.15, 0.2) is 47.8 Å². The molecule has 0 bridgehead atoms. The van der Waals surface area contributed by atoms with Crippen molar-refractivity contribution in [2.75, 3.05) is 6.61 Å². The fourth-order valence-corrected chi connectivity index (χ4v) is 7.75. The maximum atomic E-state index is 14.8. The normalized spacial score (nSPS) is 17.7. The Morgan fingerprint density at radius 3 is 2.40 bits per heavy atom. The topological polar surface area (TPSA) is 154 Å². The van der Waals surface area contributed by atoms with E-state index in [4.69, 9.17) is 4.74 Å². The first-order chi connectivity index (χ1) is 26.1. The zero-order valence-electron chi connectivity index (χ0n) is 31.3. The molecule has 0 aliphatic heterocycles. The third-order valence-electron chi connectivity index (χ3n) is 10.4. The Hall–Kier alpha value is -4.99. The molecule has 0 saturated carbocycles. The van der Waals surface area contributed by atoms with Crippen LogP contribution in [0.4, 0.5) is 22.4 Å². The van der Waals surface area contributed by atoms with Gasteiger partial charge in [-0.2, -0.15) is 13.2 Å². The van der Waals surface area contributed by atoms with Crippen LogP contribution < -0.4 is 21.3 Å². The van der Waals surface area contributed by atoms with E-state index in [1.54, 1.807) is 31.4 Å². The van der Waals surface area contributed by atoms with Crippen molar-refractivity contribution >= 4 is 46.1 Å². The monoisotopic (exact) mass is 786 g/mol. The fraction of sp³-hybridized carbons (Fsp3) is 0.462. The summed E-state index contributed by atoms with van der Waals surface area (Å²) in [5, 5.41) is 13.6. The third kappa shape index (κ3) is 9.11. The van der Waals surface area contributed by atoms with Crippen molar-refractivity contribution < 1.29 is 41.5 Å². The van der Waals surface area contributed by atoms with E-state index in [2.05, 4.69) is 31.2 Å². The number of carbonyl (C=O) groups excluding carboxylic acids is 4. The molecule has 5 rings (SSSR count). The molecule has 5 N–H and O–H groups in total. The number of halogens is 4. The molecule has 55 heavy (non-hydrogen) atoms. The van der Waals surface area contributed by atoms with Gasteiger partial charge in [-0.1, -0.05) is 70.9 Å². The molecular weight excluding hydrogens is 741 g/mol. The number of hydrogen-bond donors (Lipinski definition) is 5. The molecule has 0 spiro atoms. The average molecular weight is 787 g/mol.